The second-order valence-electron chi connectivity index (χ2n) is 9.03. The number of carbonyl (C=O) groups is 1. The third-order valence-corrected chi connectivity index (χ3v) is 7.07. The molecule has 1 atom stereocenters. The van der Waals surface area contributed by atoms with Crippen LogP contribution in [-0.2, 0) is 12.8 Å². The van der Waals surface area contributed by atoms with Crippen LogP contribution < -0.4 is 4.48 Å². The third-order valence-electron chi connectivity index (χ3n) is 7.07. The number of nitrogens with zero attached hydrogens (tertiary/aromatic N) is 1. The van der Waals surface area contributed by atoms with Crippen molar-refractivity contribution in [3.63, 3.8) is 0 Å². The minimum atomic E-state index is -0.201. The maximum absolute atomic E-state index is 13.2. The molecular weight excluding hydrogens is 358 g/mol. The Hall–Kier alpha value is -1.97. The topological polar surface area (TPSA) is 37.3 Å². The number of unbranched alkanes of at least 4 members (excludes halogenated alkanes) is 1. The van der Waals surface area contributed by atoms with E-state index in [4.69, 9.17) is 0 Å². The van der Waals surface area contributed by atoms with Gasteiger partial charge in [-0.3, -0.25) is 9.28 Å². The molecule has 29 heavy (non-hydrogen) atoms. The Morgan fingerprint density at radius 3 is 2.45 bits per heavy atom. The second kappa shape index (κ2) is 8.81. The highest BCUT2D eigenvalue weighted by atomic mass is 16.3. The fraction of sp³-hybridized carbons (Fsp3) is 0.500. The normalized spacial score (nSPS) is 26.9. The van der Waals surface area contributed by atoms with Crippen molar-refractivity contribution in [3.05, 3.63) is 65.2 Å². The summed E-state index contributed by atoms with van der Waals surface area (Å²) in [7, 11) is 0. The summed E-state index contributed by atoms with van der Waals surface area (Å²) in [4.78, 5) is 13.2. The lowest BCUT2D eigenvalue weighted by molar-refractivity contribution is 0.0675. The zero-order valence-corrected chi connectivity index (χ0v) is 17.6. The van der Waals surface area contributed by atoms with Gasteiger partial charge in [-0.05, 0) is 48.9 Å². The molecule has 1 heterocycles. The van der Waals surface area contributed by atoms with E-state index in [0.29, 0.717) is 5.78 Å². The summed E-state index contributed by atoms with van der Waals surface area (Å²) in [5.41, 5.74) is 4.83. The van der Waals surface area contributed by atoms with Crippen molar-refractivity contribution in [2.45, 2.75) is 58.0 Å². The predicted octanol–water partition coefficient (Wildman–Crippen LogP) is 4.94. The minimum absolute atomic E-state index is 0.0694. The molecule has 0 saturated carbocycles. The molecule has 0 amide bonds. The molecule has 0 aromatic heterocycles. The highest BCUT2D eigenvalue weighted by Gasteiger charge is 2.41. The summed E-state index contributed by atoms with van der Waals surface area (Å²) in [6.45, 7) is 4.92. The van der Waals surface area contributed by atoms with E-state index in [-0.39, 0.29) is 12.0 Å². The highest BCUT2D eigenvalue weighted by molar-refractivity contribution is 6.00. The smallest absolute Gasteiger partial charge is 0.171 e. The monoisotopic (exact) mass is 392 g/mol. The Bertz CT molecular complexity index is 834. The number of Topliss-reactive ketones (excluding diaryl/α,β-unsaturated/α-hetero) is 1. The number of aliphatic hydroxyl groups excluding tert-OH is 1. The van der Waals surface area contributed by atoms with Crippen LogP contribution in [-0.4, -0.2) is 36.6 Å². The Labute approximate surface area is 175 Å². The van der Waals surface area contributed by atoms with Crippen LogP contribution in [0.2, 0.25) is 0 Å². The maximum atomic E-state index is 13.2. The van der Waals surface area contributed by atoms with Gasteiger partial charge in [-0.1, -0.05) is 49.7 Å². The van der Waals surface area contributed by atoms with E-state index >= 15 is 0 Å². The predicted molar refractivity (Wildman–Crippen MR) is 119 cm³/mol. The molecule has 1 saturated heterocycles. The van der Waals surface area contributed by atoms with E-state index in [1.165, 1.54) is 29.7 Å². The van der Waals surface area contributed by atoms with Crippen molar-refractivity contribution in [1.82, 2.24) is 4.48 Å². The van der Waals surface area contributed by atoms with E-state index in [2.05, 4.69) is 37.3 Å². The van der Waals surface area contributed by atoms with Gasteiger partial charge in [0.25, 0.3) is 0 Å². The average Bonchev–Trinajstić information content (AvgIpc) is 2.76. The molecule has 0 bridgehead atoms. The molecule has 0 spiro atoms. The molecule has 0 radical (unpaired) electrons. The number of hydrogen-bond acceptors (Lipinski definition) is 2. The van der Waals surface area contributed by atoms with E-state index in [9.17, 15) is 9.90 Å². The molecular formula is C26H34NO2+. The van der Waals surface area contributed by atoms with Crippen LogP contribution in [0.4, 0.5) is 5.69 Å². The number of carbonyl (C=O) groups excluding carboxylic acids is 1. The quantitative estimate of drug-likeness (QED) is 0.707. The van der Waals surface area contributed by atoms with Crippen molar-refractivity contribution in [1.29, 1.82) is 0 Å². The van der Waals surface area contributed by atoms with E-state index < -0.39 is 0 Å². The molecule has 154 valence electrons. The Morgan fingerprint density at radius 2 is 1.72 bits per heavy atom. The Kier molecular flexibility index (Phi) is 6.17. The number of benzene rings is 2. The van der Waals surface area contributed by atoms with Gasteiger partial charge in [0.2, 0.25) is 0 Å². The fourth-order valence-electron chi connectivity index (χ4n) is 5.21. The van der Waals surface area contributed by atoms with E-state index in [1.54, 1.807) is 0 Å². The number of fused-ring (bicyclic) bond motifs is 1. The summed E-state index contributed by atoms with van der Waals surface area (Å²) >= 11 is 0. The third kappa shape index (κ3) is 4.31. The molecule has 2 aromatic rings. The van der Waals surface area contributed by atoms with E-state index in [1.807, 2.05) is 18.2 Å². The first-order valence-corrected chi connectivity index (χ1v) is 11.4. The zero-order chi connectivity index (χ0) is 20.3. The molecule has 2 aromatic carbocycles. The molecule has 1 aliphatic heterocycles. The van der Waals surface area contributed by atoms with Gasteiger partial charge >= 0.3 is 0 Å². The number of aliphatic hydroxyl groups is 1. The molecule has 1 fully saturated rings. The van der Waals surface area contributed by atoms with Gasteiger partial charge in [-0.15, -0.1) is 0 Å². The number of ketones is 1. The highest BCUT2D eigenvalue weighted by Crippen LogP contribution is 2.34. The molecule has 3 nitrogen and oxygen atoms in total. The number of quaternary nitrogens is 1. The molecule has 2 aliphatic rings. The standard InChI is InChI=1S/C26H34NO2/c1-2-3-6-20-9-13-23(14-10-20)27(17-15-24(28)16-18-27)19-22-12-11-21-7-4-5-8-25(21)26(22)29/h4-5,7-10,13-14,22,24,28H,2-3,6,11-12,15-19H2,1H3/q+1. The van der Waals surface area contributed by atoms with Crippen molar-refractivity contribution in [2.75, 3.05) is 19.6 Å². The molecule has 1 aliphatic carbocycles. The van der Waals surface area contributed by atoms with Crippen LogP contribution in [0.1, 0.15) is 60.5 Å². The first-order chi connectivity index (χ1) is 14.1. The summed E-state index contributed by atoms with van der Waals surface area (Å²) in [5.74, 6) is 0.384. The van der Waals surface area contributed by atoms with E-state index in [0.717, 1.165) is 61.8 Å². The van der Waals surface area contributed by atoms with Gasteiger partial charge in [0.05, 0.1) is 31.7 Å². The van der Waals surface area contributed by atoms with Crippen molar-refractivity contribution < 1.29 is 9.90 Å². The number of hydrogen-bond donors (Lipinski definition) is 1. The van der Waals surface area contributed by atoms with Crippen molar-refractivity contribution in [2.24, 2.45) is 5.92 Å². The summed E-state index contributed by atoms with van der Waals surface area (Å²) in [6.07, 6.45) is 6.93. The minimum Gasteiger partial charge on any atom is -0.393 e. The summed E-state index contributed by atoms with van der Waals surface area (Å²) in [6, 6.07) is 17.2. The molecule has 1 N–H and O–H groups in total. The first kappa shape index (κ1) is 20.3. The number of aryl methyl sites for hydroxylation is 2. The molecule has 3 heteroatoms. The lowest BCUT2D eigenvalue weighted by Gasteiger charge is -2.44. The van der Waals surface area contributed by atoms with Crippen molar-refractivity contribution >= 4 is 11.5 Å². The Morgan fingerprint density at radius 1 is 1.00 bits per heavy atom. The van der Waals surface area contributed by atoms with Gasteiger partial charge in [0, 0.05) is 18.4 Å². The Balaban J connectivity index is 1.58. The van der Waals surface area contributed by atoms with Gasteiger partial charge < -0.3 is 5.11 Å². The maximum Gasteiger partial charge on any atom is 0.171 e. The fourth-order valence-corrected chi connectivity index (χ4v) is 5.21. The van der Waals surface area contributed by atoms with Crippen LogP contribution in [0.15, 0.2) is 48.5 Å². The largest absolute Gasteiger partial charge is 0.393 e. The van der Waals surface area contributed by atoms with Gasteiger partial charge in [0.15, 0.2) is 5.78 Å². The lowest BCUT2D eigenvalue weighted by Crippen LogP contribution is -2.58. The van der Waals surface area contributed by atoms with Gasteiger partial charge in [0.1, 0.15) is 5.69 Å². The zero-order valence-electron chi connectivity index (χ0n) is 17.6. The van der Waals surface area contributed by atoms with Crippen LogP contribution >= 0.6 is 0 Å². The first-order valence-electron chi connectivity index (χ1n) is 11.4. The number of piperidine rings is 1. The van der Waals surface area contributed by atoms with Crippen LogP contribution in [0, 0.1) is 5.92 Å². The number of rotatable bonds is 6. The van der Waals surface area contributed by atoms with Gasteiger partial charge in [-0.25, -0.2) is 0 Å². The number of likely N-dealkylation sites (tertiary alicyclic amines) is 1. The average molecular weight is 393 g/mol. The van der Waals surface area contributed by atoms with Crippen LogP contribution in [0.3, 0.4) is 0 Å². The second-order valence-corrected chi connectivity index (χ2v) is 9.03. The van der Waals surface area contributed by atoms with Crippen LogP contribution in [0.25, 0.3) is 0 Å². The summed E-state index contributed by atoms with van der Waals surface area (Å²) in [5, 5.41) is 10.1. The van der Waals surface area contributed by atoms with Crippen molar-refractivity contribution in [3.8, 4) is 0 Å². The molecule has 4 rings (SSSR count). The lowest BCUT2D eigenvalue weighted by atomic mass is 9.81. The molecule has 1 unspecified atom stereocenters. The summed E-state index contributed by atoms with van der Waals surface area (Å²) < 4.78 is 0.837. The van der Waals surface area contributed by atoms with Gasteiger partial charge in [-0.2, -0.15) is 0 Å². The SMILES string of the molecule is CCCCc1ccc([N+]2(CC3CCc4ccccc4C3=O)CCC(O)CC2)cc1. The van der Waals surface area contributed by atoms with Crippen LogP contribution in [0.5, 0.6) is 0 Å².